The summed E-state index contributed by atoms with van der Waals surface area (Å²) in [6.07, 6.45) is 1.81. The van der Waals surface area contributed by atoms with Gasteiger partial charge in [0.2, 0.25) is 0 Å². The Labute approximate surface area is 173 Å². The van der Waals surface area contributed by atoms with Crippen LogP contribution in [0.15, 0.2) is 48.5 Å². The van der Waals surface area contributed by atoms with Crippen LogP contribution in [0.3, 0.4) is 0 Å². The number of nitrogens with zero attached hydrogens (tertiary/aromatic N) is 1. The number of anilines is 1. The van der Waals surface area contributed by atoms with E-state index in [1.165, 1.54) is 4.70 Å². The zero-order chi connectivity index (χ0) is 20.6. The second-order valence-electron chi connectivity index (χ2n) is 6.63. The lowest BCUT2D eigenvalue weighted by atomic mass is 10.2. The molecule has 3 aromatic rings. The molecule has 0 aliphatic rings. The number of aromatic nitrogens is 1. The van der Waals surface area contributed by atoms with E-state index in [1.54, 1.807) is 49.6 Å². The van der Waals surface area contributed by atoms with E-state index < -0.39 is 6.10 Å². The third-order valence-corrected chi connectivity index (χ3v) is 5.49. The summed E-state index contributed by atoms with van der Waals surface area (Å²) in [5.41, 5.74) is 1.64. The summed E-state index contributed by atoms with van der Waals surface area (Å²) < 4.78 is 11.5. The molecular weight excluding hydrogens is 388 g/mol. The highest BCUT2D eigenvalue weighted by molar-refractivity contribution is 7.18. The first-order chi connectivity index (χ1) is 14.0. The van der Waals surface area contributed by atoms with Gasteiger partial charge in [0, 0.05) is 12.1 Å². The molecule has 1 heterocycles. The number of carbonyl (C=O) groups is 2. The van der Waals surface area contributed by atoms with Gasteiger partial charge in [-0.15, -0.1) is 11.3 Å². The van der Waals surface area contributed by atoms with Crippen molar-refractivity contribution in [2.75, 3.05) is 12.4 Å². The van der Waals surface area contributed by atoms with Gasteiger partial charge in [-0.3, -0.25) is 9.59 Å². The van der Waals surface area contributed by atoms with Crippen LogP contribution in [0, 0.1) is 0 Å². The van der Waals surface area contributed by atoms with Crippen LogP contribution in [0.4, 0.5) is 5.69 Å². The summed E-state index contributed by atoms with van der Waals surface area (Å²) in [6.45, 7) is 1.57. The number of esters is 1. The van der Waals surface area contributed by atoms with Crippen molar-refractivity contribution < 1.29 is 19.1 Å². The minimum absolute atomic E-state index is 0.283. The van der Waals surface area contributed by atoms with Crippen LogP contribution < -0.4 is 10.1 Å². The number of benzene rings is 2. The van der Waals surface area contributed by atoms with Crippen molar-refractivity contribution in [1.82, 2.24) is 4.98 Å². The van der Waals surface area contributed by atoms with Crippen LogP contribution in [-0.4, -0.2) is 30.1 Å². The maximum atomic E-state index is 12.2. The third kappa shape index (κ3) is 6.02. The van der Waals surface area contributed by atoms with Gasteiger partial charge in [0.25, 0.3) is 5.91 Å². The molecule has 0 unspecified atom stereocenters. The molecule has 1 amide bonds. The van der Waals surface area contributed by atoms with Gasteiger partial charge in [-0.25, -0.2) is 4.98 Å². The molecule has 1 atom stereocenters. The fourth-order valence-corrected chi connectivity index (χ4v) is 3.81. The normalized spacial score (nSPS) is 11.8. The number of hydrogen-bond acceptors (Lipinski definition) is 6. The van der Waals surface area contributed by atoms with E-state index in [0.29, 0.717) is 17.9 Å². The Morgan fingerprint density at radius 1 is 1.10 bits per heavy atom. The van der Waals surface area contributed by atoms with E-state index in [4.69, 9.17) is 9.47 Å². The number of nitrogens with one attached hydrogen (secondary N) is 1. The Bertz CT molecular complexity index is 935. The lowest BCUT2D eigenvalue weighted by Gasteiger charge is -2.13. The highest BCUT2D eigenvalue weighted by Crippen LogP contribution is 2.23. The lowest BCUT2D eigenvalue weighted by Crippen LogP contribution is -2.29. The number of aryl methyl sites for hydroxylation is 1. The summed E-state index contributed by atoms with van der Waals surface area (Å²) in [5.74, 6) is -0.0296. The summed E-state index contributed by atoms with van der Waals surface area (Å²) >= 11 is 1.69. The first kappa shape index (κ1) is 20.8. The molecule has 0 aliphatic carbocycles. The molecule has 0 aliphatic heterocycles. The van der Waals surface area contributed by atoms with Gasteiger partial charge < -0.3 is 14.8 Å². The zero-order valence-electron chi connectivity index (χ0n) is 16.5. The number of rotatable bonds is 9. The van der Waals surface area contributed by atoms with E-state index in [0.717, 1.165) is 23.4 Å². The van der Waals surface area contributed by atoms with E-state index in [9.17, 15) is 9.59 Å². The molecule has 152 valence electrons. The first-order valence-corrected chi connectivity index (χ1v) is 10.4. The molecule has 1 N–H and O–H groups in total. The minimum atomic E-state index is -0.853. The highest BCUT2D eigenvalue weighted by Gasteiger charge is 2.17. The van der Waals surface area contributed by atoms with Crippen molar-refractivity contribution in [2.24, 2.45) is 0 Å². The maximum Gasteiger partial charge on any atom is 0.306 e. The molecule has 3 rings (SSSR count). The van der Waals surface area contributed by atoms with Crippen molar-refractivity contribution in [1.29, 1.82) is 0 Å². The van der Waals surface area contributed by atoms with Crippen molar-refractivity contribution in [3.8, 4) is 5.75 Å². The van der Waals surface area contributed by atoms with Gasteiger partial charge in [-0.05, 0) is 62.6 Å². The number of unbranched alkanes of at least 4 members (excludes halogenated alkanes) is 1. The summed E-state index contributed by atoms with van der Waals surface area (Å²) in [6, 6.07) is 15.0. The van der Waals surface area contributed by atoms with Crippen molar-refractivity contribution >= 4 is 39.1 Å². The Morgan fingerprint density at radius 2 is 1.86 bits per heavy atom. The quantitative estimate of drug-likeness (QED) is 0.411. The second-order valence-corrected chi connectivity index (χ2v) is 7.75. The zero-order valence-corrected chi connectivity index (χ0v) is 17.3. The largest absolute Gasteiger partial charge is 0.497 e. The molecule has 0 radical (unpaired) electrons. The van der Waals surface area contributed by atoms with Gasteiger partial charge in [0.05, 0.1) is 22.3 Å². The predicted octanol–water partition coefficient (Wildman–Crippen LogP) is 4.59. The number of fused-ring (bicyclic) bond motifs is 1. The third-order valence-electron chi connectivity index (χ3n) is 4.39. The molecule has 0 saturated carbocycles. The minimum Gasteiger partial charge on any atom is -0.497 e. The average molecular weight is 413 g/mol. The van der Waals surface area contributed by atoms with E-state index in [1.807, 2.05) is 18.2 Å². The highest BCUT2D eigenvalue weighted by atomic mass is 32.1. The van der Waals surface area contributed by atoms with E-state index in [-0.39, 0.29) is 18.3 Å². The molecule has 29 heavy (non-hydrogen) atoms. The molecule has 0 saturated heterocycles. The SMILES string of the molecule is COc1ccc(NC(=O)[C@@H](C)OC(=O)CCCCc2nc3ccccc3s2)cc1. The van der Waals surface area contributed by atoms with E-state index >= 15 is 0 Å². The second kappa shape index (κ2) is 10.0. The summed E-state index contributed by atoms with van der Waals surface area (Å²) in [4.78, 5) is 28.8. The number of thiazole rings is 1. The van der Waals surface area contributed by atoms with Gasteiger partial charge in [0.15, 0.2) is 6.10 Å². The number of amides is 1. The molecule has 1 aromatic heterocycles. The number of carbonyl (C=O) groups excluding carboxylic acids is 2. The molecule has 0 fully saturated rings. The Morgan fingerprint density at radius 3 is 2.59 bits per heavy atom. The average Bonchev–Trinajstić information content (AvgIpc) is 3.14. The molecular formula is C22H24N2O4S. The van der Waals surface area contributed by atoms with Crippen LogP contribution in [0.1, 0.15) is 31.2 Å². The van der Waals surface area contributed by atoms with E-state index in [2.05, 4.69) is 16.4 Å². The van der Waals surface area contributed by atoms with Crippen molar-refractivity contribution in [3.63, 3.8) is 0 Å². The van der Waals surface area contributed by atoms with Crippen LogP contribution in [0.2, 0.25) is 0 Å². The smallest absolute Gasteiger partial charge is 0.306 e. The van der Waals surface area contributed by atoms with Gasteiger partial charge >= 0.3 is 5.97 Å². The molecule has 2 aromatic carbocycles. The standard InChI is InChI=1S/C22H24N2O4S/c1-15(22(26)23-16-11-13-17(27-2)14-12-16)28-21(25)10-6-5-9-20-24-18-7-3-4-8-19(18)29-20/h3-4,7-8,11-15H,5-6,9-10H2,1-2H3,(H,23,26)/t15-/m1/s1. The molecule has 6 nitrogen and oxygen atoms in total. The molecule has 0 bridgehead atoms. The maximum absolute atomic E-state index is 12.2. The fraction of sp³-hybridized carbons (Fsp3) is 0.318. The van der Waals surface area contributed by atoms with Crippen molar-refractivity contribution in [2.45, 2.75) is 38.7 Å². The topological polar surface area (TPSA) is 77.5 Å². The van der Waals surface area contributed by atoms with Crippen LogP contribution >= 0.6 is 11.3 Å². The van der Waals surface area contributed by atoms with Crippen LogP contribution in [0.5, 0.6) is 5.75 Å². The molecule has 0 spiro atoms. The lowest BCUT2D eigenvalue weighted by molar-refractivity contribution is -0.153. The van der Waals surface area contributed by atoms with Gasteiger partial charge in [0.1, 0.15) is 5.75 Å². The van der Waals surface area contributed by atoms with Crippen LogP contribution in [0.25, 0.3) is 10.2 Å². The monoisotopic (exact) mass is 412 g/mol. The Hall–Kier alpha value is -2.93. The predicted molar refractivity (Wildman–Crippen MR) is 114 cm³/mol. The van der Waals surface area contributed by atoms with Gasteiger partial charge in [-0.1, -0.05) is 12.1 Å². The number of ether oxygens (including phenoxy) is 2. The number of para-hydroxylation sites is 1. The molecule has 7 heteroatoms. The number of methoxy groups -OCH3 is 1. The Balaban J connectivity index is 1.37. The van der Waals surface area contributed by atoms with Crippen molar-refractivity contribution in [3.05, 3.63) is 53.5 Å². The fourth-order valence-electron chi connectivity index (χ4n) is 2.80. The summed E-state index contributed by atoms with van der Waals surface area (Å²) in [5, 5.41) is 3.80. The van der Waals surface area contributed by atoms with Crippen LogP contribution in [-0.2, 0) is 20.7 Å². The van der Waals surface area contributed by atoms with Gasteiger partial charge in [-0.2, -0.15) is 0 Å². The first-order valence-electron chi connectivity index (χ1n) is 9.54. The summed E-state index contributed by atoms with van der Waals surface area (Å²) in [7, 11) is 1.58. The Kier molecular flexibility index (Phi) is 7.19. The number of hydrogen-bond donors (Lipinski definition) is 1.